The molecule has 0 fully saturated rings. The Morgan fingerprint density at radius 2 is 1.89 bits per heavy atom. The van der Waals surface area contributed by atoms with Crippen LogP contribution in [0.5, 0.6) is 0 Å². The molecule has 0 bridgehead atoms. The van der Waals surface area contributed by atoms with Crippen LogP contribution in [0.1, 0.15) is 20.7 Å². The van der Waals surface area contributed by atoms with Crippen molar-refractivity contribution in [2.45, 2.75) is 4.90 Å². The van der Waals surface area contributed by atoms with Gasteiger partial charge in [-0.3, -0.25) is 14.3 Å². The summed E-state index contributed by atoms with van der Waals surface area (Å²) < 4.78 is 41.7. The number of benzene rings is 3. The highest BCUT2D eigenvalue weighted by Crippen LogP contribution is 2.37. The van der Waals surface area contributed by atoms with Gasteiger partial charge in [0.25, 0.3) is 21.8 Å². The Labute approximate surface area is 153 Å². The Hall–Kier alpha value is -3.46. The third-order valence-electron chi connectivity index (χ3n) is 4.27. The fourth-order valence-corrected chi connectivity index (χ4v) is 4.34. The highest BCUT2D eigenvalue weighted by Gasteiger charge is 2.26. The molecule has 0 spiro atoms. The van der Waals surface area contributed by atoms with Crippen molar-refractivity contribution in [3.05, 3.63) is 65.5 Å². The topological polar surface area (TPSA) is 118 Å². The molecule has 0 saturated carbocycles. The largest absolute Gasteiger partial charge is 0.366 e. The van der Waals surface area contributed by atoms with E-state index in [9.17, 15) is 22.4 Å². The molecule has 9 heteroatoms. The Morgan fingerprint density at radius 3 is 2.63 bits per heavy atom. The number of halogens is 1. The van der Waals surface area contributed by atoms with Crippen LogP contribution in [0.3, 0.4) is 0 Å². The van der Waals surface area contributed by atoms with Crippen molar-refractivity contribution in [2.24, 2.45) is 5.73 Å². The van der Waals surface area contributed by atoms with Crippen LogP contribution in [0, 0.1) is 5.82 Å². The zero-order chi connectivity index (χ0) is 19.3. The lowest BCUT2D eigenvalue weighted by molar-refractivity contribution is 0.0994. The van der Waals surface area contributed by atoms with Gasteiger partial charge in [0.05, 0.1) is 10.5 Å². The van der Waals surface area contributed by atoms with Crippen LogP contribution < -0.4 is 15.8 Å². The number of rotatable bonds is 4. The van der Waals surface area contributed by atoms with Crippen LogP contribution in [-0.4, -0.2) is 20.2 Å². The molecule has 2 amide bonds. The molecule has 0 radical (unpaired) electrons. The quantitative estimate of drug-likeness (QED) is 0.639. The highest BCUT2D eigenvalue weighted by atomic mass is 32.2. The average molecular weight is 385 g/mol. The predicted octanol–water partition coefficient (Wildman–Crippen LogP) is 2.44. The molecular weight excluding hydrogens is 373 g/mol. The van der Waals surface area contributed by atoms with Crippen molar-refractivity contribution in [3.8, 4) is 0 Å². The van der Waals surface area contributed by atoms with Gasteiger partial charge in [0.1, 0.15) is 5.82 Å². The van der Waals surface area contributed by atoms with Crippen molar-refractivity contribution < 1.29 is 22.4 Å². The molecule has 0 aliphatic carbocycles. The Kier molecular flexibility index (Phi) is 3.63. The molecule has 4 rings (SSSR count). The molecule has 0 atom stereocenters. The monoisotopic (exact) mass is 385 g/mol. The lowest BCUT2D eigenvalue weighted by Crippen LogP contribution is -2.16. The maximum absolute atomic E-state index is 13.6. The fraction of sp³-hybridized carbons (Fsp3) is 0. The van der Waals surface area contributed by atoms with Gasteiger partial charge >= 0.3 is 0 Å². The van der Waals surface area contributed by atoms with Gasteiger partial charge in [0.2, 0.25) is 0 Å². The van der Waals surface area contributed by atoms with Crippen LogP contribution in [0.25, 0.3) is 10.8 Å². The van der Waals surface area contributed by atoms with Crippen molar-refractivity contribution in [1.29, 1.82) is 0 Å². The summed E-state index contributed by atoms with van der Waals surface area (Å²) in [6, 6.07) is 10.8. The van der Waals surface area contributed by atoms with E-state index in [1.807, 2.05) is 0 Å². The van der Waals surface area contributed by atoms with Crippen molar-refractivity contribution >= 4 is 44.0 Å². The lowest BCUT2D eigenvalue weighted by Gasteiger charge is -2.12. The van der Waals surface area contributed by atoms with E-state index in [1.54, 1.807) is 18.2 Å². The zero-order valence-corrected chi connectivity index (χ0v) is 14.4. The average Bonchev–Trinajstić information content (AvgIpc) is 2.94. The summed E-state index contributed by atoms with van der Waals surface area (Å²) in [7, 11) is -4.08. The molecule has 1 aliphatic rings. The molecule has 4 N–H and O–H groups in total. The third kappa shape index (κ3) is 2.68. The number of anilines is 2. The number of sulfonamides is 1. The van der Waals surface area contributed by atoms with E-state index < -0.39 is 27.3 Å². The first-order valence-electron chi connectivity index (χ1n) is 7.77. The number of nitrogens with two attached hydrogens (primary N) is 1. The zero-order valence-electron chi connectivity index (χ0n) is 13.6. The standard InChI is InChI=1S/C18H12FN3O4S/c19-13-5-4-9(8-12(13)17(20)23)22-27(25,26)15-7-6-14-16-10(15)2-1-3-11(16)18(24)21-14/h1-8,22H,(H2,20,23)(H,21,24). The summed E-state index contributed by atoms with van der Waals surface area (Å²) in [5.41, 5.74) is 5.57. The summed E-state index contributed by atoms with van der Waals surface area (Å²) in [6.07, 6.45) is 0. The first kappa shape index (κ1) is 17.0. The second-order valence-electron chi connectivity index (χ2n) is 5.96. The number of amides is 2. The number of nitrogens with one attached hydrogen (secondary N) is 2. The smallest absolute Gasteiger partial charge is 0.262 e. The van der Waals surface area contributed by atoms with E-state index in [0.29, 0.717) is 22.0 Å². The van der Waals surface area contributed by atoms with Gasteiger partial charge < -0.3 is 11.1 Å². The van der Waals surface area contributed by atoms with Gasteiger partial charge in [-0.2, -0.15) is 0 Å². The van der Waals surface area contributed by atoms with E-state index in [-0.39, 0.29) is 16.5 Å². The summed E-state index contributed by atoms with van der Waals surface area (Å²) in [6.45, 7) is 0. The third-order valence-corrected chi connectivity index (χ3v) is 5.71. The molecule has 3 aromatic carbocycles. The molecule has 27 heavy (non-hydrogen) atoms. The summed E-state index contributed by atoms with van der Waals surface area (Å²) in [4.78, 5) is 23.2. The molecule has 3 aromatic rings. The summed E-state index contributed by atoms with van der Waals surface area (Å²) in [5, 5.41) is 3.56. The van der Waals surface area contributed by atoms with Crippen molar-refractivity contribution in [3.63, 3.8) is 0 Å². The Morgan fingerprint density at radius 1 is 1.11 bits per heavy atom. The highest BCUT2D eigenvalue weighted by molar-refractivity contribution is 7.93. The van der Waals surface area contributed by atoms with Crippen LogP contribution in [0.15, 0.2) is 53.4 Å². The second-order valence-corrected chi connectivity index (χ2v) is 7.61. The number of primary amides is 1. The number of carbonyl (C=O) groups is 2. The van der Waals surface area contributed by atoms with E-state index in [1.165, 1.54) is 18.2 Å². The maximum Gasteiger partial charge on any atom is 0.262 e. The molecule has 0 saturated heterocycles. The van der Waals surface area contributed by atoms with Crippen molar-refractivity contribution in [2.75, 3.05) is 10.0 Å². The normalized spacial score (nSPS) is 12.9. The molecule has 7 nitrogen and oxygen atoms in total. The predicted molar refractivity (Wildman–Crippen MR) is 97.6 cm³/mol. The minimum absolute atomic E-state index is 0.0114. The van der Waals surface area contributed by atoms with Gasteiger partial charge in [-0.1, -0.05) is 12.1 Å². The second kappa shape index (κ2) is 5.78. The lowest BCUT2D eigenvalue weighted by atomic mass is 10.1. The van der Waals surface area contributed by atoms with Gasteiger partial charge in [-0.25, -0.2) is 12.8 Å². The van der Waals surface area contributed by atoms with Crippen LogP contribution in [0.2, 0.25) is 0 Å². The minimum Gasteiger partial charge on any atom is -0.366 e. The van der Waals surface area contributed by atoms with Crippen molar-refractivity contribution in [1.82, 2.24) is 0 Å². The fourth-order valence-electron chi connectivity index (χ4n) is 3.09. The molecule has 136 valence electrons. The summed E-state index contributed by atoms with van der Waals surface area (Å²) in [5.74, 6) is -2.16. The van der Waals surface area contributed by atoms with Gasteiger partial charge in [0, 0.05) is 27.7 Å². The van der Waals surface area contributed by atoms with Gasteiger partial charge in [-0.15, -0.1) is 0 Å². The Balaban J connectivity index is 1.83. The molecule has 0 aromatic heterocycles. The molecule has 0 unspecified atom stereocenters. The van der Waals surface area contributed by atoms with Crippen LogP contribution >= 0.6 is 0 Å². The SMILES string of the molecule is NC(=O)c1cc(NS(=O)(=O)c2ccc3c4c(cccc24)C(=O)N3)ccc1F. The maximum atomic E-state index is 13.6. The molecule has 1 aliphatic heterocycles. The van der Waals surface area contributed by atoms with Gasteiger partial charge in [-0.05, 0) is 36.4 Å². The minimum atomic E-state index is -4.08. The van der Waals surface area contributed by atoms with Crippen LogP contribution in [-0.2, 0) is 10.0 Å². The Bertz CT molecular complexity index is 1250. The number of hydrogen-bond acceptors (Lipinski definition) is 4. The number of carbonyl (C=O) groups excluding carboxylic acids is 2. The van der Waals surface area contributed by atoms with E-state index in [4.69, 9.17) is 5.73 Å². The van der Waals surface area contributed by atoms with Gasteiger partial charge in [0.15, 0.2) is 0 Å². The summed E-state index contributed by atoms with van der Waals surface area (Å²) >= 11 is 0. The first-order valence-corrected chi connectivity index (χ1v) is 9.25. The molecule has 1 heterocycles. The first-order chi connectivity index (χ1) is 12.8. The molecular formula is C18H12FN3O4S. The van der Waals surface area contributed by atoms with E-state index in [0.717, 1.165) is 12.1 Å². The van der Waals surface area contributed by atoms with Crippen LogP contribution in [0.4, 0.5) is 15.8 Å². The number of hydrogen-bond donors (Lipinski definition) is 3. The van der Waals surface area contributed by atoms with E-state index >= 15 is 0 Å². The van der Waals surface area contributed by atoms with E-state index in [2.05, 4.69) is 10.0 Å².